The van der Waals surface area contributed by atoms with Crippen LogP contribution in [0.5, 0.6) is 0 Å². The highest BCUT2D eigenvalue weighted by atomic mass is 16.2. The summed E-state index contributed by atoms with van der Waals surface area (Å²) in [7, 11) is 1.70. The third-order valence-electron chi connectivity index (χ3n) is 7.54. The molecule has 3 heterocycles. The second-order valence-corrected chi connectivity index (χ2v) is 9.93. The molecular formula is C27H31N5O2. The Hall–Kier alpha value is -3.35. The molecule has 7 heteroatoms. The molecule has 0 spiro atoms. The van der Waals surface area contributed by atoms with Crippen molar-refractivity contribution < 1.29 is 4.79 Å². The van der Waals surface area contributed by atoms with E-state index < -0.39 is 0 Å². The minimum Gasteiger partial charge on any atom is -0.372 e. The number of nitrogens with zero attached hydrogens (tertiary/aromatic N) is 5. The molecule has 3 aromatic rings. The summed E-state index contributed by atoms with van der Waals surface area (Å²) in [5.41, 5.74) is 4.24. The molecule has 2 aromatic carbocycles. The van der Waals surface area contributed by atoms with Crippen LogP contribution in [-0.4, -0.2) is 51.3 Å². The Labute approximate surface area is 199 Å². The number of anilines is 1. The van der Waals surface area contributed by atoms with Crippen LogP contribution < -0.4 is 10.6 Å². The number of likely N-dealkylation sites (tertiary alicyclic amines) is 1. The molecule has 2 aliphatic heterocycles. The van der Waals surface area contributed by atoms with E-state index in [4.69, 9.17) is 0 Å². The molecule has 2 saturated heterocycles. The van der Waals surface area contributed by atoms with Gasteiger partial charge in [-0.2, -0.15) is 5.10 Å². The van der Waals surface area contributed by atoms with Crippen LogP contribution in [0.15, 0.2) is 53.3 Å². The van der Waals surface area contributed by atoms with E-state index in [0.29, 0.717) is 6.54 Å². The molecule has 0 radical (unpaired) electrons. The van der Waals surface area contributed by atoms with Gasteiger partial charge >= 0.3 is 5.69 Å². The first-order valence-corrected chi connectivity index (χ1v) is 12.5. The van der Waals surface area contributed by atoms with Gasteiger partial charge in [-0.1, -0.05) is 24.3 Å². The largest absolute Gasteiger partial charge is 0.372 e. The van der Waals surface area contributed by atoms with Crippen LogP contribution in [0, 0.1) is 5.92 Å². The molecular weight excluding hydrogens is 426 g/mol. The van der Waals surface area contributed by atoms with Crippen molar-refractivity contribution in [2.45, 2.75) is 38.0 Å². The average Bonchev–Trinajstić information content (AvgIpc) is 3.24. The summed E-state index contributed by atoms with van der Waals surface area (Å²) in [6.45, 7) is 3.68. The zero-order chi connectivity index (χ0) is 23.2. The minimum absolute atomic E-state index is 0.0782. The van der Waals surface area contributed by atoms with Crippen LogP contribution in [-0.2, 0) is 11.8 Å². The molecule has 6 rings (SSSR count). The Morgan fingerprint density at radius 1 is 0.853 bits per heavy atom. The lowest BCUT2D eigenvalue weighted by atomic mass is 10.0. The number of hydrogen-bond donors (Lipinski definition) is 0. The molecule has 1 unspecified atom stereocenters. The standard InChI is InChI=1S/C27H31N5O2/c1-29-27(34)32(25(28-29)22-14-17-31(18-22)26(33)21-4-5-21)24-12-8-20(9-13-24)19-6-10-23(11-7-19)30-15-2-3-16-30/h6-13,21-22H,2-5,14-18H2,1H3. The fourth-order valence-electron chi connectivity index (χ4n) is 5.39. The minimum atomic E-state index is -0.148. The van der Waals surface area contributed by atoms with E-state index in [0.717, 1.165) is 56.0 Å². The molecule has 1 atom stereocenters. The van der Waals surface area contributed by atoms with Gasteiger partial charge < -0.3 is 9.80 Å². The summed E-state index contributed by atoms with van der Waals surface area (Å²) < 4.78 is 3.13. The van der Waals surface area contributed by atoms with Crippen LogP contribution in [0.4, 0.5) is 5.69 Å². The van der Waals surface area contributed by atoms with Gasteiger partial charge in [0.05, 0.1) is 5.69 Å². The third-order valence-corrected chi connectivity index (χ3v) is 7.54. The maximum Gasteiger partial charge on any atom is 0.350 e. The molecule has 1 saturated carbocycles. The normalized spacial score (nSPS) is 20.3. The van der Waals surface area contributed by atoms with E-state index in [2.05, 4.69) is 46.4 Å². The predicted molar refractivity (Wildman–Crippen MR) is 132 cm³/mol. The maximum absolute atomic E-state index is 13.0. The third kappa shape index (κ3) is 3.83. The molecule has 1 aromatic heterocycles. The molecule has 1 amide bonds. The quantitative estimate of drug-likeness (QED) is 0.588. The highest BCUT2D eigenvalue weighted by molar-refractivity contribution is 5.81. The van der Waals surface area contributed by atoms with Crippen LogP contribution in [0.1, 0.15) is 43.8 Å². The molecule has 7 nitrogen and oxygen atoms in total. The predicted octanol–water partition coefficient (Wildman–Crippen LogP) is 3.56. The van der Waals surface area contributed by atoms with Gasteiger partial charge in [-0.3, -0.25) is 4.79 Å². The Kier molecular flexibility index (Phi) is 5.27. The number of aryl methyl sites for hydroxylation is 1. The zero-order valence-corrected chi connectivity index (χ0v) is 19.7. The van der Waals surface area contributed by atoms with E-state index in [-0.39, 0.29) is 23.4 Å². The van der Waals surface area contributed by atoms with Crippen molar-refractivity contribution in [3.05, 3.63) is 64.8 Å². The molecule has 1 aliphatic carbocycles. The summed E-state index contributed by atoms with van der Waals surface area (Å²) in [5, 5.41) is 4.58. The summed E-state index contributed by atoms with van der Waals surface area (Å²) in [5.74, 6) is 1.32. The summed E-state index contributed by atoms with van der Waals surface area (Å²) in [6, 6.07) is 16.9. The van der Waals surface area contributed by atoms with Gasteiger partial charge in [-0.25, -0.2) is 14.0 Å². The highest BCUT2D eigenvalue weighted by Gasteiger charge is 2.38. The molecule has 34 heavy (non-hydrogen) atoms. The fourth-order valence-corrected chi connectivity index (χ4v) is 5.39. The van der Waals surface area contributed by atoms with Gasteiger partial charge in [0.25, 0.3) is 0 Å². The molecule has 176 valence electrons. The molecule has 3 aliphatic rings. The van der Waals surface area contributed by atoms with Crippen molar-refractivity contribution in [1.82, 2.24) is 19.2 Å². The van der Waals surface area contributed by atoms with Crippen LogP contribution in [0.25, 0.3) is 16.8 Å². The van der Waals surface area contributed by atoms with Crippen molar-refractivity contribution in [2.75, 3.05) is 31.1 Å². The first-order chi connectivity index (χ1) is 16.6. The van der Waals surface area contributed by atoms with Gasteiger partial charge in [-0.05, 0) is 67.5 Å². The zero-order valence-electron chi connectivity index (χ0n) is 19.7. The van der Waals surface area contributed by atoms with Gasteiger partial charge in [0.1, 0.15) is 5.82 Å². The molecule has 3 fully saturated rings. The van der Waals surface area contributed by atoms with E-state index in [1.54, 1.807) is 11.6 Å². The van der Waals surface area contributed by atoms with Crippen LogP contribution in [0.2, 0.25) is 0 Å². The Morgan fingerprint density at radius 3 is 2.09 bits per heavy atom. The number of hydrogen-bond acceptors (Lipinski definition) is 4. The average molecular weight is 458 g/mol. The summed E-state index contributed by atoms with van der Waals surface area (Å²) >= 11 is 0. The number of carbonyl (C=O) groups is 1. The van der Waals surface area contributed by atoms with Crippen LogP contribution in [0.3, 0.4) is 0 Å². The smallest absolute Gasteiger partial charge is 0.350 e. The molecule has 0 N–H and O–H groups in total. The Bertz CT molecular complexity index is 1250. The van der Waals surface area contributed by atoms with Crippen LogP contribution >= 0.6 is 0 Å². The Morgan fingerprint density at radius 2 is 1.47 bits per heavy atom. The highest BCUT2D eigenvalue weighted by Crippen LogP contribution is 2.35. The monoisotopic (exact) mass is 457 g/mol. The van der Waals surface area contributed by atoms with E-state index in [9.17, 15) is 9.59 Å². The maximum atomic E-state index is 13.0. The molecule has 0 bridgehead atoms. The van der Waals surface area contributed by atoms with Gasteiger partial charge in [0.2, 0.25) is 5.91 Å². The van der Waals surface area contributed by atoms with E-state index >= 15 is 0 Å². The topological polar surface area (TPSA) is 63.4 Å². The van der Waals surface area contributed by atoms with Crippen molar-refractivity contribution in [3.8, 4) is 16.8 Å². The Balaban J connectivity index is 1.24. The first kappa shape index (κ1) is 21.2. The fraction of sp³-hybridized carbons (Fsp3) is 0.444. The van der Waals surface area contributed by atoms with Crippen molar-refractivity contribution in [2.24, 2.45) is 13.0 Å². The van der Waals surface area contributed by atoms with Crippen molar-refractivity contribution >= 4 is 11.6 Å². The number of amides is 1. The second-order valence-electron chi connectivity index (χ2n) is 9.93. The van der Waals surface area contributed by atoms with Gasteiger partial charge in [0.15, 0.2) is 0 Å². The number of carbonyl (C=O) groups excluding carboxylic acids is 1. The van der Waals surface area contributed by atoms with Gasteiger partial charge in [-0.15, -0.1) is 0 Å². The lowest BCUT2D eigenvalue weighted by molar-refractivity contribution is -0.131. The van der Waals surface area contributed by atoms with E-state index in [1.165, 1.54) is 28.8 Å². The SMILES string of the molecule is Cn1nc(C2CCN(C(=O)C3CC3)C2)n(-c2ccc(-c3ccc(N4CCCC4)cc3)cc2)c1=O. The first-order valence-electron chi connectivity index (χ1n) is 12.5. The summed E-state index contributed by atoms with van der Waals surface area (Å²) in [6.07, 6.45) is 5.42. The number of benzene rings is 2. The second kappa shape index (κ2) is 8.46. The van der Waals surface area contributed by atoms with Crippen molar-refractivity contribution in [1.29, 1.82) is 0 Å². The van der Waals surface area contributed by atoms with Crippen molar-refractivity contribution in [3.63, 3.8) is 0 Å². The van der Waals surface area contributed by atoms with Gasteiger partial charge in [0, 0.05) is 50.7 Å². The number of aromatic nitrogens is 3. The lowest BCUT2D eigenvalue weighted by Crippen LogP contribution is -2.30. The number of rotatable bonds is 5. The van der Waals surface area contributed by atoms with E-state index in [1.807, 2.05) is 17.0 Å². The summed E-state index contributed by atoms with van der Waals surface area (Å²) in [4.78, 5) is 29.9. The lowest BCUT2D eigenvalue weighted by Gasteiger charge is -2.18.